The van der Waals surface area contributed by atoms with Crippen LogP contribution in [-0.2, 0) is 4.79 Å². The molecule has 0 aliphatic carbocycles. The minimum Gasteiger partial charge on any atom is -0.368 e. The molecule has 0 saturated carbocycles. The number of hydrogen-bond acceptors (Lipinski definition) is 3. The summed E-state index contributed by atoms with van der Waals surface area (Å²) in [6.07, 6.45) is 0. The van der Waals surface area contributed by atoms with Crippen molar-refractivity contribution in [1.82, 2.24) is 4.90 Å². The molecule has 0 aromatic heterocycles. The van der Waals surface area contributed by atoms with Crippen molar-refractivity contribution < 1.29 is 14.0 Å². The number of thiol groups is 1. The number of rotatable bonds is 4. The Hall–Kier alpha value is -1.56. The molecule has 2 N–H and O–H groups in total. The Morgan fingerprint density at radius 1 is 1.44 bits per heavy atom. The highest BCUT2D eigenvalue weighted by Gasteiger charge is 2.21. The summed E-state index contributed by atoms with van der Waals surface area (Å²) in [4.78, 5) is 24.5. The monoisotopic (exact) mass is 270 g/mol. The summed E-state index contributed by atoms with van der Waals surface area (Å²) < 4.78 is 13.1. The minimum atomic E-state index is -0.592. The molecule has 0 bridgehead atoms. The van der Waals surface area contributed by atoms with Crippen molar-refractivity contribution in [3.05, 3.63) is 29.6 Å². The van der Waals surface area contributed by atoms with Crippen LogP contribution in [0.4, 0.5) is 4.39 Å². The molecule has 6 heteroatoms. The van der Waals surface area contributed by atoms with Crippen molar-refractivity contribution in [2.45, 2.75) is 24.8 Å². The molecule has 1 aromatic carbocycles. The van der Waals surface area contributed by atoms with Gasteiger partial charge >= 0.3 is 0 Å². The molecule has 0 radical (unpaired) electrons. The minimum absolute atomic E-state index is 0.0867. The van der Waals surface area contributed by atoms with Crippen LogP contribution in [0.1, 0.15) is 24.2 Å². The molecule has 1 rings (SSSR count). The molecule has 0 spiro atoms. The Balaban J connectivity index is 3.02. The van der Waals surface area contributed by atoms with Crippen LogP contribution in [0.25, 0.3) is 0 Å². The van der Waals surface area contributed by atoms with E-state index in [0.717, 1.165) is 0 Å². The van der Waals surface area contributed by atoms with E-state index in [1.165, 1.54) is 23.1 Å². The van der Waals surface area contributed by atoms with E-state index in [2.05, 4.69) is 12.6 Å². The second-order valence-electron chi connectivity index (χ2n) is 4.16. The molecule has 98 valence electrons. The Bertz CT molecular complexity index is 477. The predicted octanol–water partition coefficient (Wildman–Crippen LogP) is 1.45. The fraction of sp³-hybridized carbons (Fsp3) is 0.333. The molecule has 0 atom stereocenters. The molecule has 2 amide bonds. The van der Waals surface area contributed by atoms with Crippen LogP contribution in [0.3, 0.4) is 0 Å². The Labute approximate surface area is 110 Å². The van der Waals surface area contributed by atoms with E-state index in [1.807, 2.05) is 0 Å². The van der Waals surface area contributed by atoms with Gasteiger partial charge in [0, 0.05) is 16.5 Å². The summed E-state index contributed by atoms with van der Waals surface area (Å²) in [5, 5.41) is 0. The zero-order valence-corrected chi connectivity index (χ0v) is 11.1. The van der Waals surface area contributed by atoms with Gasteiger partial charge in [0.2, 0.25) is 5.91 Å². The van der Waals surface area contributed by atoms with E-state index in [9.17, 15) is 14.0 Å². The molecule has 1 aromatic rings. The van der Waals surface area contributed by atoms with Gasteiger partial charge in [0.1, 0.15) is 5.82 Å². The average molecular weight is 270 g/mol. The molecule has 0 heterocycles. The maximum atomic E-state index is 13.1. The Morgan fingerprint density at radius 3 is 2.50 bits per heavy atom. The van der Waals surface area contributed by atoms with Gasteiger partial charge in [-0.3, -0.25) is 9.59 Å². The highest BCUT2D eigenvalue weighted by atomic mass is 32.1. The first kappa shape index (κ1) is 14.5. The van der Waals surface area contributed by atoms with Gasteiger partial charge in [-0.05, 0) is 32.0 Å². The molecular formula is C12H15FN2O2S. The number of benzene rings is 1. The number of nitrogens with two attached hydrogens (primary N) is 1. The molecule has 0 saturated heterocycles. The summed E-state index contributed by atoms with van der Waals surface area (Å²) in [6, 6.07) is 3.67. The van der Waals surface area contributed by atoms with Gasteiger partial charge < -0.3 is 10.6 Å². The van der Waals surface area contributed by atoms with Crippen molar-refractivity contribution in [2.75, 3.05) is 6.54 Å². The number of halogens is 1. The topological polar surface area (TPSA) is 63.4 Å². The van der Waals surface area contributed by atoms with Crippen molar-refractivity contribution >= 4 is 24.4 Å². The standard InChI is InChI=1S/C12H15FN2O2S/c1-7(2)15(6-11(14)16)12(17)8-3-4-9(13)10(18)5-8/h3-5,7,18H,6H2,1-2H3,(H2,14,16). The van der Waals surface area contributed by atoms with E-state index in [-0.39, 0.29) is 29.0 Å². The summed E-state index contributed by atoms with van der Waals surface area (Å²) >= 11 is 3.91. The van der Waals surface area contributed by atoms with Crippen LogP contribution in [0.5, 0.6) is 0 Å². The van der Waals surface area contributed by atoms with E-state index in [0.29, 0.717) is 0 Å². The number of carbonyl (C=O) groups excluding carboxylic acids is 2. The predicted molar refractivity (Wildman–Crippen MR) is 69.0 cm³/mol. The smallest absolute Gasteiger partial charge is 0.254 e. The maximum Gasteiger partial charge on any atom is 0.254 e. The van der Waals surface area contributed by atoms with Crippen molar-refractivity contribution in [1.29, 1.82) is 0 Å². The zero-order valence-electron chi connectivity index (χ0n) is 10.2. The van der Waals surface area contributed by atoms with Crippen LogP contribution in [-0.4, -0.2) is 29.3 Å². The summed E-state index contributed by atoms with van der Waals surface area (Å²) in [7, 11) is 0. The lowest BCUT2D eigenvalue weighted by Crippen LogP contribution is -2.42. The largest absolute Gasteiger partial charge is 0.368 e. The van der Waals surface area contributed by atoms with Gasteiger partial charge in [-0.1, -0.05) is 0 Å². The second kappa shape index (κ2) is 5.86. The van der Waals surface area contributed by atoms with Crippen molar-refractivity contribution in [3.63, 3.8) is 0 Å². The van der Waals surface area contributed by atoms with Gasteiger partial charge in [0.05, 0.1) is 6.54 Å². The van der Waals surface area contributed by atoms with E-state index < -0.39 is 11.7 Å². The van der Waals surface area contributed by atoms with Crippen LogP contribution < -0.4 is 5.73 Å². The third-order valence-corrected chi connectivity index (χ3v) is 2.75. The van der Waals surface area contributed by atoms with E-state index in [1.54, 1.807) is 13.8 Å². The zero-order chi connectivity index (χ0) is 13.9. The fourth-order valence-corrected chi connectivity index (χ4v) is 1.68. The van der Waals surface area contributed by atoms with Gasteiger partial charge in [-0.2, -0.15) is 0 Å². The Morgan fingerprint density at radius 2 is 2.06 bits per heavy atom. The molecule has 0 aliphatic rings. The van der Waals surface area contributed by atoms with Crippen LogP contribution >= 0.6 is 12.6 Å². The normalized spacial score (nSPS) is 10.5. The van der Waals surface area contributed by atoms with Gasteiger partial charge in [0.15, 0.2) is 0 Å². The lowest BCUT2D eigenvalue weighted by atomic mass is 10.1. The fourth-order valence-electron chi connectivity index (χ4n) is 1.47. The van der Waals surface area contributed by atoms with Crippen LogP contribution in [0.2, 0.25) is 0 Å². The van der Waals surface area contributed by atoms with Gasteiger partial charge in [0.25, 0.3) is 5.91 Å². The molecular weight excluding hydrogens is 255 g/mol. The van der Waals surface area contributed by atoms with E-state index >= 15 is 0 Å². The highest BCUT2D eigenvalue weighted by Crippen LogP contribution is 2.16. The van der Waals surface area contributed by atoms with Crippen molar-refractivity contribution in [3.8, 4) is 0 Å². The summed E-state index contributed by atoms with van der Waals surface area (Å²) in [6.45, 7) is 3.37. The van der Waals surface area contributed by atoms with Crippen molar-refractivity contribution in [2.24, 2.45) is 5.73 Å². The SMILES string of the molecule is CC(C)N(CC(N)=O)C(=O)c1ccc(F)c(S)c1. The molecule has 0 aliphatic heterocycles. The third-order valence-electron chi connectivity index (χ3n) is 2.40. The molecule has 18 heavy (non-hydrogen) atoms. The number of nitrogens with zero attached hydrogens (tertiary/aromatic N) is 1. The molecule has 0 unspecified atom stereocenters. The highest BCUT2D eigenvalue weighted by molar-refractivity contribution is 7.80. The maximum absolute atomic E-state index is 13.1. The summed E-state index contributed by atoms with van der Waals surface area (Å²) in [5.41, 5.74) is 5.37. The lowest BCUT2D eigenvalue weighted by molar-refractivity contribution is -0.119. The number of amides is 2. The third kappa shape index (κ3) is 3.46. The molecule has 4 nitrogen and oxygen atoms in total. The van der Waals surface area contributed by atoms with Gasteiger partial charge in [-0.25, -0.2) is 4.39 Å². The Kier molecular flexibility index (Phi) is 4.72. The molecule has 0 fully saturated rings. The number of carbonyl (C=O) groups is 2. The van der Waals surface area contributed by atoms with E-state index in [4.69, 9.17) is 5.73 Å². The first-order valence-corrected chi connectivity index (χ1v) is 5.85. The lowest BCUT2D eigenvalue weighted by Gasteiger charge is -2.25. The van der Waals surface area contributed by atoms with Crippen LogP contribution in [0, 0.1) is 5.82 Å². The first-order chi connectivity index (χ1) is 8.32. The summed E-state index contributed by atoms with van der Waals surface area (Å²) in [5.74, 6) is -1.47. The quantitative estimate of drug-likeness (QED) is 0.813. The average Bonchev–Trinajstić information content (AvgIpc) is 2.28. The van der Waals surface area contributed by atoms with Gasteiger partial charge in [-0.15, -0.1) is 12.6 Å². The number of primary amides is 1. The first-order valence-electron chi connectivity index (χ1n) is 5.40. The number of hydrogen-bond donors (Lipinski definition) is 2. The second-order valence-corrected chi connectivity index (χ2v) is 4.64. The van der Waals surface area contributed by atoms with Crippen LogP contribution in [0.15, 0.2) is 23.1 Å².